The van der Waals surface area contributed by atoms with Crippen LogP contribution in [0.4, 0.5) is 0 Å². The van der Waals surface area contributed by atoms with Gasteiger partial charge in [-0.25, -0.2) is 0 Å². The Morgan fingerprint density at radius 3 is 2.76 bits per heavy atom. The van der Waals surface area contributed by atoms with Gasteiger partial charge in [0.1, 0.15) is 0 Å². The number of aromatic nitrogens is 4. The second-order valence-corrected chi connectivity index (χ2v) is 5.13. The molecule has 21 heavy (non-hydrogen) atoms. The van der Waals surface area contributed by atoms with Crippen LogP contribution in [0.2, 0.25) is 5.28 Å². The highest BCUT2D eigenvalue weighted by molar-refractivity contribution is 6.28. The molecule has 0 fully saturated rings. The van der Waals surface area contributed by atoms with Crippen molar-refractivity contribution in [2.45, 2.75) is 20.0 Å². The second-order valence-electron chi connectivity index (χ2n) is 4.79. The van der Waals surface area contributed by atoms with E-state index in [-0.39, 0.29) is 17.4 Å². The van der Waals surface area contributed by atoms with Gasteiger partial charge in [0.05, 0.1) is 11.6 Å². The molecule has 0 saturated heterocycles. The molecular formula is C15H13ClN4O. The first-order valence-corrected chi connectivity index (χ1v) is 6.93. The summed E-state index contributed by atoms with van der Waals surface area (Å²) in [6.45, 7) is 3.80. The zero-order valence-electron chi connectivity index (χ0n) is 11.6. The van der Waals surface area contributed by atoms with Gasteiger partial charge in [-0.15, -0.1) is 0 Å². The van der Waals surface area contributed by atoms with Crippen molar-refractivity contribution in [3.8, 4) is 17.4 Å². The number of rotatable bonds is 3. The van der Waals surface area contributed by atoms with Crippen molar-refractivity contribution in [1.29, 1.82) is 0 Å². The van der Waals surface area contributed by atoms with E-state index >= 15 is 0 Å². The highest BCUT2D eigenvalue weighted by Crippen LogP contribution is 2.23. The summed E-state index contributed by atoms with van der Waals surface area (Å²) in [5, 5.41) is 1.12. The predicted octanol–water partition coefficient (Wildman–Crippen LogP) is 3.53. The molecule has 0 unspecified atom stereocenters. The lowest BCUT2D eigenvalue weighted by Gasteiger charge is -2.09. The van der Waals surface area contributed by atoms with E-state index in [9.17, 15) is 0 Å². The molecule has 0 N–H and O–H groups in total. The first kappa shape index (κ1) is 13.7. The van der Waals surface area contributed by atoms with Crippen molar-refractivity contribution in [1.82, 2.24) is 19.9 Å². The molecule has 0 spiro atoms. The van der Waals surface area contributed by atoms with Gasteiger partial charge in [0, 0.05) is 17.1 Å². The van der Waals surface area contributed by atoms with Crippen molar-refractivity contribution in [3.63, 3.8) is 0 Å². The molecule has 0 aliphatic heterocycles. The Balaban J connectivity index is 2.06. The molecule has 0 saturated carbocycles. The summed E-state index contributed by atoms with van der Waals surface area (Å²) in [5.41, 5.74) is 1.76. The largest absolute Gasteiger partial charge is 0.461 e. The fourth-order valence-electron chi connectivity index (χ4n) is 1.94. The zero-order valence-corrected chi connectivity index (χ0v) is 12.4. The van der Waals surface area contributed by atoms with Crippen LogP contribution in [-0.2, 0) is 0 Å². The van der Waals surface area contributed by atoms with Crippen molar-refractivity contribution in [3.05, 3.63) is 41.8 Å². The Bertz CT molecular complexity index is 791. The van der Waals surface area contributed by atoms with Crippen LogP contribution < -0.4 is 4.74 Å². The van der Waals surface area contributed by atoms with Crippen molar-refractivity contribution in [2.24, 2.45) is 0 Å². The van der Waals surface area contributed by atoms with Crippen LogP contribution >= 0.6 is 11.6 Å². The first-order chi connectivity index (χ1) is 10.1. The Morgan fingerprint density at radius 1 is 1.10 bits per heavy atom. The minimum absolute atomic E-state index is 0.0304. The topological polar surface area (TPSA) is 60.8 Å². The van der Waals surface area contributed by atoms with Gasteiger partial charge < -0.3 is 4.74 Å². The third-order valence-corrected chi connectivity index (χ3v) is 2.96. The van der Waals surface area contributed by atoms with Gasteiger partial charge in [-0.2, -0.15) is 15.0 Å². The number of benzene rings is 1. The summed E-state index contributed by atoms with van der Waals surface area (Å²) in [5.74, 6) is 0.483. The molecule has 0 amide bonds. The first-order valence-electron chi connectivity index (χ1n) is 6.55. The standard InChI is InChI=1S/C15H13ClN4O/c1-9(2)21-15-19-13(18-14(16)20-15)11-5-6-12-10(8-11)4-3-7-17-12/h3-9H,1-2H3. The number of pyridine rings is 1. The van der Waals surface area contributed by atoms with Crippen LogP contribution in [-0.4, -0.2) is 26.0 Å². The minimum Gasteiger partial charge on any atom is -0.461 e. The average molecular weight is 301 g/mol. The van der Waals surface area contributed by atoms with Crippen molar-refractivity contribution in [2.75, 3.05) is 0 Å². The predicted molar refractivity (Wildman–Crippen MR) is 81.3 cm³/mol. The van der Waals surface area contributed by atoms with E-state index in [0.29, 0.717) is 5.82 Å². The lowest BCUT2D eigenvalue weighted by Crippen LogP contribution is -2.09. The molecular weight excluding hydrogens is 288 g/mol. The minimum atomic E-state index is -0.0304. The van der Waals surface area contributed by atoms with Gasteiger partial charge in [-0.05, 0) is 49.7 Å². The van der Waals surface area contributed by atoms with Crippen LogP contribution in [0, 0.1) is 0 Å². The third kappa shape index (κ3) is 3.08. The molecule has 1 aromatic carbocycles. The highest BCUT2D eigenvalue weighted by Gasteiger charge is 2.10. The number of ether oxygens (including phenoxy) is 1. The zero-order chi connectivity index (χ0) is 14.8. The highest BCUT2D eigenvalue weighted by atomic mass is 35.5. The normalized spacial score (nSPS) is 11.0. The summed E-state index contributed by atoms with van der Waals surface area (Å²) in [4.78, 5) is 16.7. The molecule has 0 aliphatic rings. The van der Waals surface area contributed by atoms with E-state index < -0.39 is 0 Å². The van der Waals surface area contributed by atoms with Gasteiger partial charge in [0.2, 0.25) is 5.28 Å². The molecule has 6 heteroatoms. The van der Waals surface area contributed by atoms with Gasteiger partial charge in [0.15, 0.2) is 5.82 Å². The van der Waals surface area contributed by atoms with Crippen LogP contribution in [0.3, 0.4) is 0 Å². The smallest absolute Gasteiger partial charge is 0.321 e. The summed E-state index contributed by atoms with van der Waals surface area (Å²) in [7, 11) is 0. The average Bonchev–Trinajstić information content (AvgIpc) is 2.45. The van der Waals surface area contributed by atoms with E-state index in [1.807, 2.05) is 44.2 Å². The quantitative estimate of drug-likeness (QED) is 0.740. The maximum absolute atomic E-state index is 5.95. The maximum atomic E-state index is 5.95. The molecule has 0 aliphatic carbocycles. The SMILES string of the molecule is CC(C)Oc1nc(Cl)nc(-c2ccc3ncccc3c2)n1. The van der Waals surface area contributed by atoms with Crippen LogP contribution in [0.5, 0.6) is 6.01 Å². The lowest BCUT2D eigenvalue weighted by atomic mass is 10.1. The van der Waals surface area contributed by atoms with Crippen molar-refractivity contribution >= 4 is 22.5 Å². The van der Waals surface area contributed by atoms with Crippen LogP contribution in [0.15, 0.2) is 36.5 Å². The molecule has 0 bridgehead atoms. The van der Waals surface area contributed by atoms with Gasteiger partial charge >= 0.3 is 6.01 Å². The van der Waals surface area contributed by atoms with E-state index in [0.717, 1.165) is 16.5 Å². The molecule has 0 atom stereocenters. The fourth-order valence-corrected chi connectivity index (χ4v) is 2.09. The monoisotopic (exact) mass is 300 g/mol. The molecule has 5 nitrogen and oxygen atoms in total. The summed E-state index contributed by atoms with van der Waals surface area (Å²) in [6.07, 6.45) is 1.73. The van der Waals surface area contributed by atoms with Gasteiger partial charge in [-0.1, -0.05) is 6.07 Å². The Labute approximate surface area is 127 Å². The third-order valence-electron chi connectivity index (χ3n) is 2.79. The number of fused-ring (bicyclic) bond motifs is 1. The van der Waals surface area contributed by atoms with Gasteiger partial charge in [-0.3, -0.25) is 4.98 Å². The Hall–Kier alpha value is -2.27. The summed E-state index contributed by atoms with van der Waals surface area (Å²) in [6, 6.07) is 9.89. The van der Waals surface area contributed by atoms with E-state index in [2.05, 4.69) is 19.9 Å². The fraction of sp³-hybridized carbons (Fsp3) is 0.200. The Kier molecular flexibility index (Phi) is 3.66. The molecule has 2 aromatic heterocycles. The number of hydrogen-bond donors (Lipinski definition) is 0. The van der Waals surface area contributed by atoms with E-state index in [1.54, 1.807) is 6.20 Å². The van der Waals surface area contributed by atoms with Crippen LogP contribution in [0.1, 0.15) is 13.8 Å². The van der Waals surface area contributed by atoms with E-state index in [4.69, 9.17) is 16.3 Å². The number of hydrogen-bond acceptors (Lipinski definition) is 5. The molecule has 2 heterocycles. The van der Waals surface area contributed by atoms with Crippen LogP contribution in [0.25, 0.3) is 22.3 Å². The number of halogens is 1. The van der Waals surface area contributed by atoms with Crippen molar-refractivity contribution < 1.29 is 4.74 Å². The molecule has 3 rings (SSSR count). The maximum Gasteiger partial charge on any atom is 0.321 e. The summed E-state index contributed by atoms with van der Waals surface area (Å²) >= 11 is 5.95. The number of nitrogens with zero attached hydrogens (tertiary/aromatic N) is 4. The van der Waals surface area contributed by atoms with Gasteiger partial charge in [0.25, 0.3) is 0 Å². The summed E-state index contributed by atoms with van der Waals surface area (Å²) < 4.78 is 5.49. The molecule has 3 aromatic rings. The molecule has 106 valence electrons. The Morgan fingerprint density at radius 2 is 1.95 bits per heavy atom. The molecule has 0 radical (unpaired) electrons. The van der Waals surface area contributed by atoms with E-state index in [1.165, 1.54) is 0 Å². The lowest BCUT2D eigenvalue weighted by molar-refractivity contribution is 0.222. The second kappa shape index (κ2) is 5.61.